The second kappa shape index (κ2) is 13.6. The fourth-order valence-electron chi connectivity index (χ4n) is 2.27. The Morgan fingerprint density at radius 3 is 1.59 bits per heavy atom. The summed E-state index contributed by atoms with van der Waals surface area (Å²) in [7, 11) is 0. The van der Waals surface area contributed by atoms with E-state index in [2.05, 4.69) is 40.9 Å². The number of pyridine rings is 1. The molecule has 0 aliphatic carbocycles. The predicted octanol–water partition coefficient (Wildman–Crippen LogP) is 0.190. The van der Waals surface area contributed by atoms with Crippen LogP contribution in [-0.2, 0) is 23.9 Å². The lowest BCUT2D eigenvalue weighted by Crippen LogP contribution is -2.44. The van der Waals surface area contributed by atoms with Gasteiger partial charge in [0, 0.05) is 30.6 Å². The zero-order valence-corrected chi connectivity index (χ0v) is 19.5. The number of esters is 3. The van der Waals surface area contributed by atoms with Crippen molar-refractivity contribution < 1.29 is 38.2 Å². The maximum absolute atomic E-state index is 12.6. The van der Waals surface area contributed by atoms with Crippen LogP contribution in [0.15, 0.2) is 12.1 Å². The molecule has 13 heteroatoms. The summed E-state index contributed by atoms with van der Waals surface area (Å²) in [6, 6.07) is 0.102. The Morgan fingerprint density at radius 2 is 1.28 bits per heavy atom. The topological polar surface area (TPSA) is 150 Å². The van der Waals surface area contributed by atoms with E-state index < -0.39 is 41.8 Å². The number of thiol groups is 2. The van der Waals surface area contributed by atoms with Gasteiger partial charge in [0.1, 0.15) is 29.2 Å². The second-order valence-corrected chi connectivity index (χ2v) is 6.82. The van der Waals surface area contributed by atoms with Crippen molar-refractivity contribution in [3.8, 4) is 5.75 Å². The maximum atomic E-state index is 12.6. The van der Waals surface area contributed by atoms with Gasteiger partial charge < -0.3 is 24.8 Å². The molecule has 0 aliphatic rings. The maximum Gasteiger partial charge on any atom is 0.329 e. The molecule has 0 aromatic carbocycles. The Kier molecular flexibility index (Phi) is 11.6. The van der Waals surface area contributed by atoms with Gasteiger partial charge in [-0.3, -0.25) is 14.4 Å². The number of hydrogen-bond acceptors (Lipinski definition) is 11. The van der Waals surface area contributed by atoms with Crippen molar-refractivity contribution in [2.24, 2.45) is 0 Å². The highest BCUT2D eigenvalue weighted by Crippen LogP contribution is 2.16. The SMILES string of the molecule is CCOC(=O)C(CS)NC(=O)c1cc(OC(C)=O)cc(C(=O)NC(CS)C(=O)OCC)n1. The van der Waals surface area contributed by atoms with Crippen LogP contribution in [0.3, 0.4) is 0 Å². The molecule has 0 bridgehead atoms. The summed E-state index contributed by atoms with van der Waals surface area (Å²) in [5.41, 5.74) is -0.632. The van der Waals surface area contributed by atoms with Crippen molar-refractivity contribution in [1.29, 1.82) is 0 Å². The average molecular weight is 488 g/mol. The van der Waals surface area contributed by atoms with Crippen molar-refractivity contribution in [3.05, 3.63) is 23.5 Å². The van der Waals surface area contributed by atoms with Gasteiger partial charge in [-0.25, -0.2) is 14.6 Å². The van der Waals surface area contributed by atoms with E-state index in [0.29, 0.717) is 0 Å². The number of nitrogens with one attached hydrogen (secondary N) is 2. The summed E-state index contributed by atoms with van der Waals surface area (Å²) in [6.07, 6.45) is 0. The van der Waals surface area contributed by atoms with E-state index >= 15 is 0 Å². The molecule has 0 saturated carbocycles. The molecule has 11 nitrogen and oxygen atoms in total. The Hall–Kier alpha value is -2.80. The lowest BCUT2D eigenvalue weighted by Gasteiger charge is -2.17. The molecule has 0 spiro atoms. The third-order valence-electron chi connectivity index (χ3n) is 3.64. The number of ether oxygens (including phenoxy) is 3. The van der Waals surface area contributed by atoms with Crippen LogP contribution < -0.4 is 15.4 Å². The Labute approximate surface area is 195 Å². The van der Waals surface area contributed by atoms with Crippen LogP contribution in [0.5, 0.6) is 5.75 Å². The van der Waals surface area contributed by atoms with Crippen molar-refractivity contribution in [1.82, 2.24) is 15.6 Å². The highest BCUT2D eigenvalue weighted by atomic mass is 32.1. The molecule has 0 fully saturated rings. The van der Waals surface area contributed by atoms with E-state index in [1.54, 1.807) is 13.8 Å². The van der Waals surface area contributed by atoms with E-state index in [1.807, 2.05) is 0 Å². The first kappa shape index (κ1) is 27.2. The first-order chi connectivity index (χ1) is 15.2. The number of amides is 2. The first-order valence-corrected chi connectivity index (χ1v) is 10.8. The van der Waals surface area contributed by atoms with Crippen LogP contribution in [0.4, 0.5) is 0 Å². The molecule has 2 N–H and O–H groups in total. The Morgan fingerprint density at radius 1 is 0.875 bits per heavy atom. The fourth-order valence-corrected chi connectivity index (χ4v) is 2.75. The van der Waals surface area contributed by atoms with Gasteiger partial charge in [0.2, 0.25) is 0 Å². The monoisotopic (exact) mass is 487 g/mol. The Balaban J connectivity index is 3.20. The minimum Gasteiger partial charge on any atom is -0.464 e. The molecular formula is C19H25N3O8S2. The molecule has 0 aliphatic heterocycles. The van der Waals surface area contributed by atoms with Gasteiger partial charge in [-0.2, -0.15) is 25.3 Å². The van der Waals surface area contributed by atoms with Crippen LogP contribution in [0.25, 0.3) is 0 Å². The number of carbonyl (C=O) groups excluding carboxylic acids is 5. The molecule has 176 valence electrons. The summed E-state index contributed by atoms with van der Waals surface area (Å²) in [5.74, 6) is -4.01. The van der Waals surface area contributed by atoms with Gasteiger partial charge in [-0.15, -0.1) is 0 Å². The minimum atomic E-state index is -1.07. The number of carbonyl (C=O) groups is 5. The van der Waals surface area contributed by atoms with Crippen molar-refractivity contribution >= 4 is 55.0 Å². The second-order valence-electron chi connectivity index (χ2n) is 6.09. The molecule has 1 rings (SSSR count). The normalized spacial score (nSPS) is 12.2. The lowest BCUT2D eigenvalue weighted by molar-refractivity contribution is -0.145. The van der Waals surface area contributed by atoms with Crippen LogP contribution in [0.1, 0.15) is 41.7 Å². The number of rotatable bonds is 11. The summed E-state index contributed by atoms with van der Waals surface area (Å²) in [4.78, 5) is 64.4. The summed E-state index contributed by atoms with van der Waals surface area (Å²) in [6.45, 7) is 4.57. The van der Waals surface area contributed by atoms with E-state index in [0.717, 1.165) is 19.1 Å². The highest BCUT2D eigenvalue weighted by molar-refractivity contribution is 7.80. The zero-order valence-electron chi connectivity index (χ0n) is 17.7. The molecule has 1 aromatic heterocycles. The standard InChI is InChI=1S/C19H25N3O8S2/c1-4-28-18(26)14(8-31)21-16(24)12-6-11(30-10(3)23)7-13(20-12)17(25)22-15(9-32)19(27)29-5-2/h6-7,14-15,31-32H,4-5,8-9H2,1-3H3,(H,21,24)(H,22,25). The predicted molar refractivity (Wildman–Crippen MR) is 119 cm³/mol. The van der Waals surface area contributed by atoms with E-state index in [1.165, 1.54) is 0 Å². The van der Waals surface area contributed by atoms with Gasteiger partial charge in [-0.1, -0.05) is 0 Å². The minimum absolute atomic E-state index is 0.0509. The lowest BCUT2D eigenvalue weighted by atomic mass is 10.2. The number of nitrogens with zero attached hydrogens (tertiary/aromatic N) is 1. The van der Waals surface area contributed by atoms with Gasteiger partial charge in [0.25, 0.3) is 11.8 Å². The molecule has 1 heterocycles. The van der Waals surface area contributed by atoms with Crippen molar-refractivity contribution in [2.45, 2.75) is 32.9 Å². The smallest absolute Gasteiger partial charge is 0.329 e. The fraction of sp³-hybridized carbons (Fsp3) is 0.474. The number of hydrogen-bond donors (Lipinski definition) is 4. The average Bonchev–Trinajstić information content (AvgIpc) is 2.74. The van der Waals surface area contributed by atoms with Gasteiger partial charge in [-0.05, 0) is 13.8 Å². The van der Waals surface area contributed by atoms with E-state index in [9.17, 15) is 24.0 Å². The molecule has 0 saturated heterocycles. The molecule has 2 unspecified atom stereocenters. The first-order valence-electron chi connectivity index (χ1n) is 9.53. The third kappa shape index (κ3) is 8.38. The molecule has 1 aromatic rings. The third-order valence-corrected chi connectivity index (χ3v) is 4.37. The van der Waals surface area contributed by atoms with Crippen LogP contribution in [0, 0.1) is 0 Å². The van der Waals surface area contributed by atoms with Crippen LogP contribution in [-0.4, -0.2) is 71.5 Å². The highest BCUT2D eigenvalue weighted by Gasteiger charge is 2.25. The summed E-state index contributed by atoms with van der Waals surface area (Å²) in [5, 5.41) is 4.78. The summed E-state index contributed by atoms with van der Waals surface area (Å²) < 4.78 is 14.7. The quantitative estimate of drug-likeness (QED) is 0.253. The Bertz CT molecular complexity index is 807. The van der Waals surface area contributed by atoms with Gasteiger partial charge in [0.05, 0.1) is 13.2 Å². The molecule has 2 atom stereocenters. The van der Waals surface area contributed by atoms with Crippen molar-refractivity contribution in [3.63, 3.8) is 0 Å². The van der Waals surface area contributed by atoms with Gasteiger partial charge >= 0.3 is 17.9 Å². The molecular weight excluding hydrogens is 462 g/mol. The van der Waals surface area contributed by atoms with Crippen molar-refractivity contribution in [2.75, 3.05) is 24.7 Å². The largest absolute Gasteiger partial charge is 0.464 e. The molecule has 2 amide bonds. The zero-order chi connectivity index (χ0) is 24.3. The van der Waals surface area contributed by atoms with Gasteiger partial charge in [0.15, 0.2) is 0 Å². The summed E-state index contributed by atoms with van der Waals surface area (Å²) >= 11 is 8.03. The van der Waals surface area contributed by atoms with E-state index in [4.69, 9.17) is 14.2 Å². The van der Waals surface area contributed by atoms with Crippen LogP contribution >= 0.6 is 25.3 Å². The number of aromatic nitrogens is 1. The molecule has 32 heavy (non-hydrogen) atoms. The van der Waals surface area contributed by atoms with Crippen LogP contribution in [0.2, 0.25) is 0 Å². The van der Waals surface area contributed by atoms with E-state index in [-0.39, 0.29) is 41.9 Å². The molecule has 0 radical (unpaired) electrons.